The molecule has 0 aliphatic heterocycles. The number of carbonyl (C=O) groups excluding carboxylic acids is 1. The van der Waals surface area contributed by atoms with Crippen LogP contribution in [0.5, 0.6) is 17.2 Å². The van der Waals surface area contributed by atoms with E-state index < -0.39 is 0 Å². The Hall–Kier alpha value is -3.80. The van der Waals surface area contributed by atoms with Crippen molar-refractivity contribution < 1.29 is 19.4 Å². The molecule has 3 aromatic rings. The number of amides is 1. The Bertz CT molecular complexity index is 1120. The van der Waals surface area contributed by atoms with E-state index in [1.165, 1.54) is 30.9 Å². The minimum atomic E-state index is -0.349. The third kappa shape index (κ3) is 4.86. The second kappa shape index (κ2) is 9.34. The summed E-state index contributed by atoms with van der Waals surface area (Å²) in [7, 11) is 1.47. The number of aryl methyl sites for hydroxylation is 2. The Morgan fingerprint density at radius 3 is 2.81 bits per heavy atom. The van der Waals surface area contributed by atoms with Crippen molar-refractivity contribution in [3.05, 3.63) is 88.5 Å². The largest absolute Gasteiger partial charge is 0.504 e. The highest BCUT2D eigenvalue weighted by molar-refractivity contribution is 5.95. The first kappa shape index (κ1) is 20.5. The molecule has 0 radical (unpaired) electrons. The molecular formula is C25H24N2O4. The molecule has 4 rings (SSSR count). The molecule has 0 unspecified atom stereocenters. The number of nitrogens with one attached hydrogen (secondary N) is 1. The number of fused-ring (bicyclic) bond motifs is 1. The number of aromatic hydroxyl groups is 1. The second-order valence-corrected chi connectivity index (χ2v) is 7.37. The van der Waals surface area contributed by atoms with Gasteiger partial charge in [0, 0.05) is 11.1 Å². The average Bonchev–Trinajstić information content (AvgIpc) is 3.27. The van der Waals surface area contributed by atoms with E-state index in [-0.39, 0.29) is 11.7 Å². The van der Waals surface area contributed by atoms with E-state index in [9.17, 15) is 9.90 Å². The Kier molecular flexibility index (Phi) is 6.17. The maximum Gasteiger partial charge on any atom is 0.271 e. The quantitative estimate of drug-likeness (QED) is 0.446. The lowest BCUT2D eigenvalue weighted by molar-refractivity contribution is 0.0955. The van der Waals surface area contributed by atoms with Gasteiger partial charge in [0.25, 0.3) is 5.91 Å². The van der Waals surface area contributed by atoms with Gasteiger partial charge in [0.2, 0.25) is 0 Å². The number of nitrogens with zero attached hydrogens (tertiary/aromatic N) is 1. The fourth-order valence-electron chi connectivity index (χ4n) is 3.64. The van der Waals surface area contributed by atoms with E-state index in [4.69, 9.17) is 9.47 Å². The number of para-hydroxylation sites is 1. The van der Waals surface area contributed by atoms with Gasteiger partial charge in [-0.2, -0.15) is 5.10 Å². The van der Waals surface area contributed by atoms with Crippen LogP contribution in [-0.4, -0.2) is 24.3 Å². The number of ether oxygens (including phenoxy) is 2. The number of benzene rings is 3. The first-order valence-corrected chi connectivity index (χ1v) is 10.2. The molecule has 0 bridgehead atoms. The molecule has 0 aromatic heterocycles. The minimum absolute atomic E-state index is 0.0336. The van der Waals surface area contributed by atoms with Crippen LogP contribution < -0.4 is 14.9 Å². The highest BCUT2D eigenvalue weighted by atomic mass is 16.5. The van der Waals surface area contributed by atoms with Crippen molar-refractivity contribution in [2.24, 2.45) is 5.10 Å². The van der Waals surface area contributed by atoms with Crippen molar-refractivity contribution in [2.45, 2.75) is 25.9 Å². The summed E-state index contributed by atoms with van der Waals surface area (Å²) in [5.41, 5.74) is 7.06. The van der Waals surface area contributed by atoms with E-state index in [0.29, 0.717) is 23.5 Å². The second-order valence-electron chi connectivity index (χ2n) is 7.37. The summed E-state index contributed by atoms with van der Waals surface area (Å²) in [5, 5.41) is 14.0. The molecule has 0 saturated heterocycles. The molecule has 0 saturated carbocycles. The molecule has 0 fully saturated rings. The van der Waals surface area contributed by atoms with Crippen LogP contribution in [0.3, 0.4) is 0 Å². The zero-order valence-electron chi connectivity index (χ0n) is 17.3. The monoisotopic (exact) mass is 416 g/mol. The van der Waals surface area contributed by atoms with E-state index in [0.717, 1.165) is 24.2 Å². The average molecular weight is 416 g/mol. The molecule has 6 heteroatoms. The van der Waals surface area contributed by atoms with Crippen LogP contribution in [0.4, 0.5) is 0 Å². The van der Waals surface area contributed by atoms with Crippen molar-refractivity contribution in [2.75, 3.05) is 7.11 Å². The van der Waals surface area contributed by atoms with Gasteiger partial charge in [-0.15, -0.1) is 0 Å². The predicted octanol–water partition coefficient (Wildman–Crippen LogP) is 4.23. The Morgan fingerprint density at radius 2 is 1.94 bits per heavy atom. The third-order valence-electron chi connectivity index (χ3n) is 5.28. The van der Waals surface area contributed by atoms with E-state index in [2.05, 4.69) is 22.7 Å². The number of hydrogen-bond donors (Lipinski definition) is 2. The molecule has 1 amide bonds. The van der Waals surface area contributed by atoms with Crippen molar-refractivity contribution in [1.29, 1.82) is 0 Å². The summed E-state index contributed by atoms with van der Waals surface area (Å²) < 4.78 is 11.0. The smallest absolute Gasteiger partial charge is 0.271 e. The molecule has 0 spiro atoms. The molecule has 158 valence electrons. The Labute approximate surface area is 181 Å². The standard InChI is InChI=1S/C25H24N2O4/c1-30-23-10-4-9-21(24(23)28)15-26-27-25(29)20-8-2-5-17(13-20)16-31-22-12-11-18-6-3-7-19(18)14-22/h2,4-5,8-15,28H,3,6-7,16H2,1H3,(H,27,29)/b26-15+. The highest BCUT2D eigenvalue weighted by Crippen LogP contribution is 2.28. The summed E-state index contributed by atoms with van der Waals surface area (Å²) in [4.78, 5) is 12.4. The third-order valence-corrected chi connectivity index (χ3v) is 5.28. The lowest BCUT2D eigenvalue weighted by atomic mass is 10.1. The Morgan fingerprint density at radius 1 is 1.10 bits per heavy atom. The molecule has 0 heterocycles. The predicted molar refractivity (Wildman–Crippen MR) is 119 cm³/mol. The molecule has 0 atom stereocenters. The summed E-state index contributed by atoms with van der Waals surface area (Å²) in [6, 6.07) is 18.5. The molecule has 31 heavy (non-hydrogen) atoms. The zero-order chi connectivity index (χ0) is 21.6. The van der Waals surface area contributed by atoms with Gasteiger partial charge in [-0.05, 0) is 72.4 Å². The van der Waals surface area contributed by atoms with Crippen LogP contribution >= 0.6 is 0 Å². The normalized spacial score (nSPS) is 12.5. The number of rotatable bonds is 7. The van der Waals surface area contributed by atoms with Gasteiger partial charge < -0.3 is 14.6 Å². The number of carbonyl (C=O) groups is 1. The van der Waals surface area contributed by atoms with Crippen molar-refractivity contribution >= 4 is 12.1 Å². The van der Waals surface area contributed by atoms with E-state index in [1.54, 1.807) is 30.3 Å². The van der Waals surface area contributed by atoms with Crippen molar-refractivity contribution in [3.8, 4) is 17.2 Å². The molecule has 1 aliphatic carbocycles. The summed E-state index contributed by atoms with van der Waals surface area (Å²) in [6.07, 6.45) is 4.83. The molecular weight excluding hydrogens is 392 g/mol. The van der Waals surface area contributed by atoms with Gasteiger partial charge in [-0.3, -0.25) is 4.79 Å². The van der Waals surface area contributed by atoms with Gasteiger partial charge in [0.05, 0.1) is 13.3 Å². The van der Waals surface area contributed by atoms with E-state index >= 15 is 0 Å². The molecule has 6 nitrogen and oxygen atoms in total. The maximum atomic E-state index is 12.4. The first-order valence-electron chi connectivity index (χ1n) is 10.2. The van der Waals surface area contributed by atoms with Gasteiger partial charge in [0.15, 0.2) is 11.5 Å². The van der Waals surface area contributed by atoms with E-state index in [1.807, 2.05) is 18.2 Å². The van der Waals surface area contributed by atoms with Crippen LogP contribution in [0.15, 0.2) is 65.8 Å². The lowest BCUT2D eigenvalue weighted by Crippen LogP contribution is -2.17. The number of phenols is 1. The number of methoxy groups -OCH3 is 1. The van der Waals surface area contributed by atoms with Crippen LogP contribution in [0.25, 0.3) is 0 Å². The summed E-state index contributed by atoms with van der Waals surface area (Å²) in [5.74, 6) is 0.802. The Balaban J connectivity index is 1.37. The van der Waals surface area contributed by atoms with Crippen molar-refractivity contribution in [1.82, 2.24) is 5.43 Å². The molecule has 1 aliphatic rings. The summed E-state index contributed by atoms with van der Waals surface area (Å²) in [6.45, 7) is 0.376. The first-order chi connectivity index (χ1) is 15.1. The van der Waals surface area contributed by atoms with Gasteiger partial charge in [-0.25, -0.2) is 5.43 Å². The highest BCUT2D eigenvalue weighted by Gasteiger charge is 2.12. The molecule has 2 N–H and O–H groups in total. The van der Waals surface area contributed by atoms with Crippen LogP contribution in [0.2, 0.25) is 0 Å². The van der Waals surface area contributed by atoms with Gasteiger partial charge >= 0.3 is 0 Å². The number of phenolic OH excluding ortho intramolecular Hbond substituents is 1. The van der Waals surface area contributed by atoms with Crippen LogP contribution in [0.1, 0.15) is 39.0 Å². The maximum absolute atomic E-state index is 12.4. The van der Waals surface area contributed by atoms with Gasteiger partial charge in [0.1, 0.15) is 12.4 Å². The minimum Gasteiger partial charge on any atom is -0.504 e. The molecule has 3 aromatic carbocycles. The van der Waals surface area contributed by atoms with Gasteiger partial charge in [-0.1, -0.05) is 24.3 Å². The van der Waals surface area contributed by atoms with Crippen LogP contribution in [-0.2, 0) is 19.4 Å². The van der Waals surface area contributed by atoms with Crippen molar-refractivity contribution in [3.63, 3.8) is 0 Å². The number of hydrogen-bond acceptors (Lipinski definition) is 5. The lowest BCUT2D eigenvalue weighted by Gasteiger charge is -2.09. The fraction of sp³-hybridized carbons (Fsp3) is 0.200. The fourth-order valence-corrected chi connectivity index (χ4v) is 3.64. The van der Waals surface area contributed by atoms with Crippen LogP contribution in [0, 0.1) is 0 Å². The summed E-state index contributed by atoms with van der Waals surface area (Å²) >= 11 is 0. The zero-order valence-corrected chi connectivity index (χ0v) is 17.3. The SMILES string of the molecule is COc1cccc(/C=N/NC(=O)c2cccc(COc3ccc4c(c3)CCC4)c2)c1O. The topological polar surface area (TPSA) is 80.2 Å². The number of hydrazone groups is 1.